The van der Waals surface area contributed by atoms with Crippen molar-refractivity contribution in [1.82, 2.24) is 5.32 Å². The van der Waals surface area contributed by atoms with Gasteiger partial charge in [0.05, 0.1) is 25.2 Å². The first-order chi connectivity index (χ1) is 30.5. The summed E-state index contributed by atoms with van der Waals surface area (Å²) < 4.78 is 5.95. The molecule has 0 heterocycles. The maximum atomic E-state index is 13.2. The standard InChI is InChI=1S/C56H109NO5/c1-4-7-10-13-16-19-21-23-25-27-28-30-32-34-37-40-43-46-49-56(61)62-52(47-44-41-38-36-33-31-29-26-24-22-20-17-14-11-8-5-2)50-55(60)57-53(51-58)54(59)48-45-42-39-35-18-15-12-9-6-3/h28,30,52-54,58-59H,4-27,29,31-51H2,1-3H3,(H,57,60)/b30-28+. The Labute approximate surface area is 387 Å². The molecular weight excluding hydrogens is 767 g/mol. The molecule has 62 heavy (non-hydrogen) atoms. The Morgan fingerprint density at radius 3 is 1.15 bits per heavy atom. The summed E-state index contributed by atoms with van der Waals surface area (Å²) in [7, 11) is 0. The first-order valence-corrected chi connectivity index (χ1v) is 27.9. The minimum absolute atomic E-state index is 0.0817. The molecule has 3 atom stereocenters. The van der Waals surface area contributed by atoms with Crippen LogP contribution < -0.4 is 5.32 Å². The third-order valence-corrected chi connectivity index (χ3v) is 13.1. The van der Waals surface area contributed by atoms with Crippen LogP contribution in [0.1, 0.15) is 310 Å². The van der Waals surface area contributed by atoms with E-state index in [9.17, 15) is 19.8 Å². The highest BCUT2D eigenvalue weighted by molar-refractivity contribution is 5.77. The molecule has 368 valence electrons. The number of hydrogen-bond donors (Lipinski definition) is 3. The molecule has 6 heteroatoms. The van der Waals surface area contributed by atoms with Gasteiger partial charge in [0.2, 0.25) is 5.91 Å². The number of unbranched alkanes of at least 4 members (excludes halogenated alkanes) is 37. The van der Waals surface area contributed by atoms with Gasteiger partial charge >= 0.3 is 5.97 Å². The highest BCUT2D eigenvalue weighted by Crippen LogP contribution is 2.19. The third-order valence-electron chi connectivity index (χ3n) is 13.1. The fraction of sp³-hybridized carbons (Fsp3) is 0.929. The summed E-state index contributed by atoms with van der Waals surface area (Å²) in [5, 5.41) is 23.7. The van der Waals surface area contributed by atoms with Crippen molar-refractivity contribution in [2.24, 2.45) is 0 Å². The summed E-state index contributed by atoms with van der Waals surface area (Å²) in [6.45, 7) is 6.50. The van der Waals surface area contributed by atoms with Gasteiger partial charge in [-0.05, 0) is 51.4 Å². The number of amides is 1. The number of ether oxygens (including phenoxy) is 1. The van der Waals surface area contributed by atoms with E-state index in [0.717, 1.165) is 51.4 Å². The summed E-state index contributed by atoms with van der Waals surface area (Å²) in [5.74, 6) is -0.463. The zero-order valence-corrected chi connectivity index (χ0v) is 42.0. The van der Waals surface area contributed by atoms with Crippen LogP contribution in [0.25, 0.3) is 0 Å². The van der Waals surface area contributed by atoms with Crippen molar-refractivity contribution in [2.75, 3.05) is 6.61 Å². The van der Waals surface area contributed by atoms with Crippen LogP contribution in [0.4, 0.5) is 0 Å². The van der Waals surface area contributed by atoms with E-state index < -0.39 is 18.2 Å². The smallest absolute Gasteiger partial charge is 0.306 e. The number of carbonyl (C=O) groups is 2. The Morgan fingerprint density at radius 2 is 0.774 bits per heavy atom. The van der Waals surface area contributed by atoms with Gasteiger partial charge in [-0.25, -0.2) is 0 Å². The van der Waals surface area contributed by atoms with Crippen LogP contribution in [0, 0.1) is 0 Å². The maximum Gasteiger partial charge on any atom is 0.306 e. The Kier molecular flexibility index (Phi) is 49.5. The van der Waals surface area contributed by atoms with Gasteiger partial charge in [-0.15, -0.1) is 0 Å². The van der Waals surface area contributed by atoms with Crippen LogP contribution in [-0.4, -0.2) is 46.9 Å². The number of nitrogens with one attached hydrogen (secondary N) is 1. The number of allylic oxidation sites excluding steroid dienone is 2. The van der Waals surface area contributed by atoms with Crippen LogP contribution >= 0.6 is 0 Å². The molecule has 3 N–H and O–H groups in total. The lowest BCUT2D eigenvalue weighted by Gasteiger charge is -2.24. The van der Waals surface area contributed by atoms with Gasteiger partial charge in [0.1, 0.15) is 6.10 Å². The Hall–Kier alpha value is -1.40. The van der Waals surface area contributed by atoms with Gasteiger partial charge in [-0.3, -0.25) is 9.59 Å². The number of rotatable bonds is 51. The van der Waals surface area contributed by atoms with Crippen LogP contribution in [0.15, 0.2) is 12.2 Å². The molecule has 0 radical (unpaired) electrons. The number of aliphatic hydroxyl groups excluding tert-OH is 2. The first-order valence-electron chi connectivity index (χ1n) is 27.9. The molecule has 0 aromatic rings. The van der Waals surface area contributed by atoms with Gasteiger partial charge in [-0.1, -0.05) is 258 Å². The van der Waals surface area contributed by atoms with E-state index in [2.05, 4.69) is 38.2 Å². The molecule has 0 aromatic heterocycles. The fourth-order valence-electron chi connectivity index (χ4n) is 8.84. The Balaban J connectivity index is 4.49. The molecule has 1 amide bonds. The van der Waals surface area contributed by atoms with Crippen LogP contribution in [0.3, 0.4) is 0 Å². The molecule has 0 aliphatic heterocycles. The van der Waals surface area contributed by atoms with E-state index >= 15 is 0 Å². The molecule has 0 aromatic carbocycles. The molecule has 6 nitrogen and oxygen atoms in total. The van der Waals surface area contributed by atoms with Gasteiger partial charge in [0, 0.05) is 6.42 Å². The zero-order valence-electron chi connectivity index (χ0n) is 42.0. The van der Waals surface area contributed by atoms with E-state index in [1.165, 1.54) is 212 Å². The molecule has 0 saturated carbocycles. The molecule has 0 aliphatic carbocycles. The summed E-state index contributed by atoms with van der Waals surface area (Å²) in [5.41, 5.74) is 0. The summed E-state index contributed by atoms with van der Waals surface area (Å²) in [6, 6.07) is -0.696. The molecule has 0 saturated heterocycles. The molecule has 0 bridgehead atoms. The lowest BCUT2D eigenvalue weighted by Crippen LogP contribution is -2.46. The van der Waals surface area contributed by atoms with Crippen molar-refractivity contribution in [3.63, 3.8) is 0 Å². The van der Waals surface area contributed by atoms with Crippen molar-refractivity contribution in [3.05, 3.63) is 12.2 Å². The SMILES string of the molecule is CCCCCCCCCCC/C=C/CCCCCCCC(=O)OC(CCCCCCCCCCCCCCCCCC)CC(=O)NC(CO)C(O)CCCCCCCCCCC. The summed E-state index contributed by atoms with van der Waals surface area (Å²) >= 11 is 0. The van der Waals surface area contributed by atoms with Crippen molar-refractivity contribution in [3.8, 4) is 0 Å². The summed E-state index contributed by atoms with van der Waals surface area (Å²) in [4.78, 5) is 26.2. The van der Waals surface area contributed by atoms with E-state index in [4.69, 9.17) is 4.74 Å². The Morgan fingerprint density at radius 1 is 0.452 bits per heavy atom. The molecular formula is C56H109NO5. The van der Waals surface area contributed by atoms with E-state index in [-0.39, 0.29) is 24.9 Å². The zero-order chi connectivity index (χ0) is 45.2. The van der Waals surface area contributed by atoms with Crippen molar-refractivity contribution >= 4 is 11.9 Å². The maximum absolute atomic E-state index is 13.2. The predicted octanol–water partition coefficient (Wildman–Crippen LogP) is 16.9. The van der Waals surface area contributed by atoms with E-state index in [1.807, 2.05) is 0 Å². The largest absolute Gasteiger partial charge is 0.462 e. The summed E-state index contributed by atoms with van der Waals surface area (Å²) in [6.07, 6.45) is 57.1. The van der Waals surface area contributed by atoms with E-state index in [0.29, 0.717) is 19.3 Å². The third kappa shape index (κ3) is 45.2. The molecule has 0 spiro atoms. The highest BCUT2D eigenvalue weighted by atomic mass is 16.5. The average molecular weight is 876 g/mol. The van der Waals surface area contributed by atoms with Crippen molar-refractivity contribution < 1.29 is 24.5 Å². The van der Waals surface area contributed by atoms with Crippen LogP contribution in [-0.2, 0) is 14.3 Å². The minimum atomic E-state index is -0.782. The normalized spacial score (nSPS) is 13.2. The minimum Gasteiger partial charge on any atom is -0.462 e. The lowest BCUT2D eigenvalue weighted by atomic mass is 10.0. The number of aliphatic hydroxyl groups is 2. The first kappa shape index (κ1) is 60.6. The molecule has 3 unspecified atom stereocenters. The second kappa shape index (κ2) is 50.6. The van der Waals surface area contributed by atoms with Crippen LogP contribution in [0.2, 0.25) is 0 Å². The van der Waals surface area contributed by atoms with Gasteiger partial charge < -0.3 is 20.3 Å². The average Bonchev–Trinajstić information content (AvgIpc) is 3.26. The van der Waals surface area contributed by atoms with Gasteiger partial charge in [0.25, 0.3) is 0 Å². The quantitative estimate of drug-likeness (QED) is 0.0321. The second-order valence-corrected chi connectivity index (χ2v) is 19.3. The molecule has 0 aliphatic rings. The van der Waals surface area contributed by atoms with Crippen molar-refractivity contribution in [2.45, 2.75) is 328 Å². The predicted molar refractivity (Wildman–Crippen MR) is 269 cm³/mol. The lowest BCUT2D eigenvalue weighted by molar-refractivity contribution is -0.151. The van der Waals surface area contributed by atoms with Crippen LogP contribution in [0.5, 0.6) is 0 Å². The van der Waals surface area contributed by atoms with Gasteiger partial charge in [-0.2, -0.15) is 0 Å². The molecule has 0 rings (SSSR count). The second-order valence-electron chi connectivity index (χ2n) is 19.3. The fourth-order valence-corrected chi connectivity index (χ4v) is 8.84. The monoisotopic (exact) mass is 876 g/mol. The Bertz CT molecular complexity index is 939. The van der Waals surface area contributed by atoms with Gasteiger partial charge in [0.15, 0.2) is 0 Å². The van der Waals surface area contributed by atoms with E-state index in [1.54, 1.807) is 0 Å². The number of esters is 1. The molecule has 0 fully saturated rings. The highest BCUT2D eigenvalue weighted by Gasteiger charge is 2.24. The van der Waals surface area contributed by atoms with Crippen molar-refractivity contribution in [1.29, 1.82) is 0 Å². The number of carbonyl (C=O) groups excluding carboxylic acids is 2. The number of hydrogen-bond acceptors (Lipinski definition) is 5. The topological polar surface area (TPSA) is 95.9 Å².